The standard InChI is InChI=1S/C19H24N2O2S/c1-14(2)23-18-10-5-4-9-17(18)15(3)21-19(22)13-24-12-16-8-6-7-11-20-16/h4-11,14-15H,12-13H2,1-3H3,(H,21,22)/t15-/m1/s1. The van der Waals surface area contributed by atoms with Gasteiger partial charge < -0.3 is 10.1 Å². The predicted octanol–water partition coefficient (Wildman–Crippen LogP) is 3.98. The van der Waals surface area contributed by atoms with Gasteiger partial charge in [-0.05, 0) is 39.0 Å². The van der Waals surface area contributed by atoms with Gasteiger partial charge in [-0.25, -0.2) is 0 Å². The molecule has 0 aliphatic heterocycles. The number of amides is 1. The number of hydrogen-bond donors (Lipinski definition) is 1. The first-order valence-electron chi connectivity index (χ1n) is 8.09. The van der Waals surface area contributed by atoms with Crippen molar-refractivity contribution in [3.05, 3.63) is 59.9 Å². The van der Waals surface area contributed by atoms with Crippen LogP contribution in [0.4, 0.5) is 0 Å². The van der Waals surface area contributed by atoms with Crippen LogP contribution >= 0.6 is 11.8 Å². The van der Waals surface area contributed by atoms with Gasteiger partial charge in [0.05, 0.1) is 23.6 Å². The molecule has 2 aromatic rings. The molecule has 128 valence electrons. The number of hydrogen-bond acceptors (Lipinski definition) is 4. The van der Waals surface area contributed by atoms with E-state index in [4.69, 9.17) is 4.74 Å². The Morgan fingerprint density at radius 2 is 1.92 bits per heavy atom. The molecule has 5 heteroatoms. The van der Waals surface area contributed by atoms with Crippen LogP contribution in [-0.2, 0) is 10.5 Å². The van der Waals surface area contributed by atoms with Crippen LogP contribution < -0.4 is 10.1 Å². The summed E-state index contributed by atoms with van der Waals surface area (Å²) in [6.45, 7) is 5.96. The number of ether oxygens (including phenoxy) is 1. The number of rotatable bonds is 8. The molecule has 1 heterocycles. The molecule has 1 aromatic heterocycles. The first-order valence-corrected chi connectivity index (χ1v) is 9.24. The second-order valence-electron chi connectivity index (χ2n) is 5.81. The predicted molar refractivity (Wildman–Crippen MR) is 99.2 cm³/mol. The second-order valence-corrected chi connectivity index (χ2v) is 6.79. The average Bonchev–Trinajstić information content (AvgIpc) is 2.55. The van der Waals surface area contributed by atoms with Crippen LogP contribution in [0.2, 0.25) is 0 Å². The normalized spacial score (nSPS) is 12.0. The quantitative estimate of drug-likeness (QED) is 0.787. The van der Waals surface area contributed by atoms with E-state index in [9.17, 15) is 4.79 Å². The third-order valence-corrected chi connectivity index (χ3v) is 4.30. The van der Waals surface area contributed by atoms with Crippen molar-refractivity contribution < 1.29 is 9.53 Å². The Morgan fingerprint density at radius 3 is 2.62 bits per heavy atom. The Bertz CT molecular complexity index is 647. The van der Waals surface area contributed by atoms with E-state index in [1.54, 1.807) is 18.0 Å². The van der Waals surface area contributed by atoms with Gasteiger partial charge in [0, 0.05) is 17.5 Å². The summed E-state index contributed by atoms with van der Waals surface area (Å²) in [7, 11) is 0. The molecule has 2 rings (SSSR count). The molecule has 0 radical (unpaired) electrons. The van der Waals surface area contributed by atoms with E-state index in [0.717, 1.165) is 22.8 Å². The Labute approximate surface area is 148 Å². The summed E-state index contributed by atoms with van der Waals surface area (Å²) in [6, 6.07) is 13.5. The van der Waals surface area contributed by atoms with Crippen LogP contribution in [0.25, 0.3) is 0 Å². The number of nitrogens with one attached hydrogen (secondary N) is 1. The monoisotopic (exact) mass is 344 g/mol. The zero-order valence-corrected chi connectivity index (χ0v) is 15.2. The van der Waals surface area contributed by atoms with Crippen molar-refractivity contribution >= 4 is 17.7 Å². The fourth-order valence-corrected chi connectivity index (χ4v) is 3.04. The molecule has 0 saturated heterocycles. The van der Waals surface area contributed by atoms with Crippen molar-refractivity contribution in [2.24, 2.45) is 0 Å². The molecule has 0 saturated carbocycles. The average molecular weight is 344 g/mol. The number of aromatic nitrogens is 1. The van der Waals surface area contributed by atoms with Crippen molar-refractivity contribution in [2.75, 3.05) is 5.75 Å². The van der Waals surface area contributed by atoms with Gasteiger partial charge in [0.2, 0.25) is 5.91 Å². The zero-order chi connectivity index (χ0) is 17.4. The van der Waals surface area contributed by atoms with Gasteiger partial charge >= 0.3 is 0 Å². The van der Waals surface area contributed by atoms with E-state index in [1.807, 2.05) is 63.2 Å². The number of benzene rings is 1. The van der Waals surface area contributed by atoms with Gasteiger partial charge in [0.1, 0.15) is 5.75 Å². The van der Waals surface area contributed by atoms with Gasteiger partial charge in [0.25, 0.3) is 0 Å². The summed E-state index contributed by atoms with van der Waals surface area (Å²) in [5.74, 6) is 1.98. The molecule has 24 heavy (non-hydrogen) atoms. The highest BCUT2D eigenvalue weighted by Crippen LogP contribution is 2.25. The molecule has 1 N–H and O–H groups in total. The fourth-order valence-electron chi connectivity index (χ4n) is 2.29. The lowest BCUT2D eigenvalue weighted by Crippen LogP contribution is -2.28. The van der Waals surface area contributed by atoms with Crippen LogP contribution in [-0.4, -0.2) is 22.7 Å². The van der Waals surface area contributed by atoms with E-state index < -0.39 is 0 Å². The van der Waals surface area contributed by atoms with E-state index in [-0.39, 0.29) is 18.1 Å². The number of para-hydroxylation sites is 1. The highest BCUT2D eigenvalue weighted by atomic mass is 32.2. The number of carbonyl (C=O) groups is 1. The molecule has 0 fully saturated rings. The molecular weight excluding hydrogens is 320 g/mol. The van der Waals surface area contributed by atoms with Crippen molar-refractivity contribution in [3.63, 3.8) is 0 Å². The van der Waals surface area contributed by atoms with E-state index in [1.165, 1.54) is 0 Å². The van der Waals surface area contributed by atoms with E-state index in [0.29, 0.717) is 5.75 Å². The molecule has 0 bridgehead atoms. The van der Waals surface area contributed by atoms with Crippen molar-refractivity contribution in [1.29, 1.82) is 0 Å². The summed E-state index contributed by atoms with van der Waals surface area (Å²) in [4.78, 5) is 16.4. The minimum Gasteiger partial charge on any atom is -0.491 e. The first-order chi connectivity index (χ1) is 11.6. The summed E-state index contributed by atoms with van der Waals surface area (Å²) in [6.07, 6.45) is 1.87. The van der Waals surface area contributed by atoms with Crippen molar-refractivity contribution in [2.45, 2.75) is 38.7 Å². The number of thioether (sulfide) groups is 1. The summed E-state index contributed by atoms with van der Waals surface area (Å²) >= 11 is 1.56. The largest absolute Gasteiger partial charge is 0.491 e. The first kappa shape index (κ1) is 18.3. The summed E-state index contributed by atoms with van der Waals surface area (Å²) < 4.78 is 5.82. The summed E-state index contributed by atoms with van der Waals surface area (Å²) in [5.41, 5.74) is 1.98. The van der Waals surface area contributed by atoms with Crippen LogP contribution in [0.1, 0.15) is 38.1 Å². The van der Waals surface area contributed by atoms with Crippen LogP contribution in [0.5, 0.6) is 5.75 Å². The second kappa shape index (κ2) is 9.33. The molecule has 0 unspecified atom stereocenters. The molecule has 0 aliphatic carbocycles. The number of carbonyl (C=O) groups excluding carboxylic acids is 1. The maximum absolute atomic E-state index is 12.2. The number of pyridine rings is 1. The fraction of sp³-hybridized carbons (Fsp3) is 0.368. The van der Waals surface area contributed by atoms with Gasteiger partial charge in [-0.3, -0.25) is 9.78 Å². The third kappa shape index (κ3) is 5.89. The smallest absolute Gasteiger partial charge is 0.230 e. The Morgan fingerprint density at radius 1 is 1.17 bits per heavy atom. The molecule has 1 aromatic carbocycles. The highest BCUT2D eigenvalue weighted by Gasteiger charge is 2.14. The number of nitrogens with zero attached hydrogens (tertiary/aromatic N) is 1. The van der Waals surface area contributed by atoms with Crippen LogP contribution in [0, 0.1) is 0 Å². The Hall–Kier alpha value is -2.01. The van der Waals surface area contributed by atoms with E-state index >= 15 is 0 Å². The lowest BCUT2D eigenvalue weighted by molar-refractivity contribution is -0.119. The summed E-state index contributed by atoms with van der Waals surface area (Å²) in [5, 5.41) is 3.04. The highest BCUT2D eigenvalue weighted by molar-refractivity contribution is 7.99. The molecule has 1 atom stereocenters. The topological polar surface area (TPSA) is 51.2 Å². The third-order valence-electron chi connectivity index (χ3n) is 3.33. The Kier molecular flexibility index (Phi) is 7.12. The molecular formula is C19H24N2O2S. The molecule has 1 amide bonds. The van der Waals surface area contributed by atoms with Crippen LogP contribution in [0.3, 0.4) is 0 Å². The molecule has 4 nitrogen and oxygen atoms in total. The lowest BCUT2D eigenvalue weighted by atomic mass is 10.1. The van der Waals surface area contributed by atoms with E-state index in [2.05, 4.69) is 10.3 Å². The minimum atomic E-state index is -0.0945. The van der Waals surface area contributed by atoms with Crippen molar-refractivity contribution in [3.8, 4) is 5.75 Å². The zero-order valence-electron chi connectivity index (χ0n) is 14.4. The van der Waals surface area contributed by atoms with Gasteiger partial charge in [-0.15, -0.1) is 11.8 Å². The minimum absolute atomic E-state index is 0.0165. The van der Waals surface area contributed by atoms with Gasteiger partial charge in [0.15, 0.2) is 0 Å². The Balaban J connectivity index is 1.85. The van der Waals surface area contributed by atoms with Gasteiger partial charge in [-0.1, -0.05) is 24.3 Å². The van der Waals surface area contributed by atoms with Crippen molar-refractivity contribution in [1.82, 2.24) is 10.3 Å². The van der Waals surface area contributed by atoms with Crippen LogP contribution in [0.15, 0.2) is 48.7 Å². The molecule has 0 aliphatic rings. The maximum Gasteiger partial charge on any atom is 0.230 e. The lowest BCUT2D eigenvalue weighted by Gasteiger charge is -2.19. The SMILES string of the molecule is CC(C)Oc1ccccc1[C@@H](C)NC(=O)CSCc1ccccn1. The van der Waals surface area contributed by atoms with Gasteiger partial charge in [-0.2, -0.15) is 0 Å². The maximum atomic E-state index is 12.2. The molecule has 0 spiro atoms.